The Labute approximate surface area is 116 Å². The van der Waals surface area contributed by atoms with Gasteiger partial charge in [-0.25, -0.2) is 13.1 Å². The second-order valence-corrected chi connectivity index (χ2v) is 5.93. The van der Waals surface area contributed by atoms with Crippen molar-refractivity contribution in [2.75, 3.05) is 5.73 Å². The smallest absolute Gasteiger partial charge is 0.240 e. The number of hydrogen-bond acceptors (Lipinski definition) is 5. The maximum Gasteiger partial charge on any atom is 0.240 e. The summed E-state index contributed by atoms with van der Waals surface area (Å²) in [4.78, 5) is 10.4. The van der Waals surface area contributed by atoms with Gasteiger partial charge in [0.1, 0.15) is 5.69 Å². The van der Waals surface area contributed by atoms with E-state index in [-0.39, 0.29) is 17.1 Å². The fourth-order valence-electron chi connectivity index (χ4n) is 1.67. The van der Waals surface area contributed by atoms with Crippen LogP contribution in [0.15, 0.2) is 58.6 Å². The van der Waals surface area contributed by atoms with Gasteiger partial charge < -0.3 is 5.73 Å². The van der Waals surface area contributed by atoms with E-state index in [4.69, 9.17) is 5.73 Å². The molecule has 0 fully saturated rings. The number of rotatable bonds is 5. The number of hydrogen-bond donors (Lipinski definition) is 2. The highest BCUT2D eigenvalue weighted by Gasteiger charge is 2.14. The molecule has 0 unspecified atom stereocenters. The van der Waals surface area contributed by atoms with Crippen molar-refractivity contribution in [3.63, 3.8) is 0 Å². The quantitative estimate of drug-likeness (QED) is 0.650. The number of benzene rings is 2. The van der Waals surface area contributed by atoms with Gasteiger partial charge in [0.25, 0.3) is 0 Å². The number of anilines is 1. The molecule has 2 aromatic carbocycles. The van der Waals surface area contributed by atoms with Crippen molar-refractivity contribution < 1.29 is 8.42 Å². The zero-order chi connectivity index (χ0) is 14.6. The highest BCUT2D eigenvalue weighted by Crippen LogP contribution is 2.18. The van der Waals surface area contributed by atoms with Crippen molar-refractivity contribution >= 4 is 21.4 Å². The molecule has 0 amide bonds. The first-order valence-electron chi connectivity index (χ1n) is 5.79. The van der Waals surface area contributed by atoms with Gasteiger partial charge in [0.15, 0.2) is 0 Å². The van der Waals surface area contributed by atoms with Crippen molar-refractivity contribution in [1.29, 1.82) is 0 Å². The zero-order valence-electron chi connectivity index (χ0n) is 10.5. The Balaban J connectivity index is 2.16. The molecule has 7 heteroatoms. The van der Waals surface area contributed by atoms with E-state index in [1.807, 2.05) is 0 Å². The molecule has 2 aromatic rings. The fraction of sp³-hybridized carbons (Fsp3) is 0.0769. The Kier molecular flexibility index (Phi) is 4.11. The van der Waals surface area contributed by atoms with Crippen LogP contribution >= 0.6 is 0 Å². The molecule has 0 bridgehead atoms. The van der Waals surface area contributed by atoms with Gasteiger partial charge >= 0.3 is 0 Å². The standard InChI is InChI=1S/C13H13N3O3S/c14-11-4-1-3-10(7-11)9-15-20(18,19)13-6-2-5-12(8-13)16-17/h1-8,15H,9,14H2. The van der Waals surface area contributed by atoms with E-state index in [0.29, 0.717) is 5.69 Å². The van der Waals surface area contributed by atoms with Crippen molar-refractivity contribution in [3.8, 4) is 0 Å². The molecule has 0 spiro atoms. The molecule has 0 saturated heterocycles. The van der Waals surface area contributed by atoms with Crippen molar-refractivity contribution in [1.82, 2.24) is 4.72 Å². The summed E-state index contributed by atoms with van der Waals surface area (Å²) in [5, 5.41) is 2.72. The van der Waals surface area contributed by atoms with Crippen LogP contribution in [0.1, 0.15) is 5.56 Å². The lowest BCUT2D eigenvalue weighted by Crippen LogP contribution is -2.23. The lowest BCUT2D eigenvalue weighted by Gasteiger charge is -2.07. The molecule has 6 nitrogen and oxygen atoms in total. The third-order valence-corrected chi connectivity index (χ3v) is 4.05. The average molecular weight is 291 g/mol. The summed E-state index contributed by atoms with van der Waals surface area (Å²) in [6.07, 6.45) is 0. The van der Waals surface area contributed by atoms with Gasteiger partial charge in [-0.15, -0.1) is 4.91 Å². The van der Waals surface area contributed by atoms with E-state index >= 15 is 0 Å². The molecule has 3 N–H and O–H groups in total. The Morgan fingerprint density at radius 3 is 2.55 bits per heavy atom. The van der Waals surface area contributed by atoms with Crippen LogP contribution in [0.5, 0.6) is 0 Å². The first-order chi connectivity index (χ1) is 9.51. The molecule has 20 heavy (non-hydrogen) atoms. The Morgan fingerprint density at radius 1 is 1.10 bits per heavy atom. The number of nitroso groups, excluding NO2 is 1. The Bertz CT molecular complexity index is 729. The van der Waals surface area contributed by atoms with Gasteiger partial charge in [0, 0.05) is 12.2 Å². The van der Waals surface area contributed by atoms with E-state index in [2.05, 4.69) is 9.90 Å². The first-order valence-corrected chi connectivity index (χ1v) is 7.27. The monoisotopic (exact) mass is 291 g/mol. The van der Waals surface area contributed by atoms with Crippen LogP contribution in [0.4, 0.5) is 11.4 Å². The van der Waals surface area contributed by atoms with E-state index in [9.17, 15) is 13.3 Å². The summed E-state index contributed by atoms with van der Waals surface area (Å²) in [6, 6.07) is 12.4. The molecule has 0 aliphatic heterocycles. The summed E-state index contributed by atoms with van der Waals surface area (Å²) in [7, 11) is -3.69. The summed E-state index contributed by atoms with van der Waals surface area (Å²) in [5.74, 6) is 0. The molecule has 2 rings (SSSR count). The molecule has 0 atom stereocenters. The maximum absolute atomic E-state index is 12.1. The van der Waals surface area contributed by atoms with Crippen LogP contribution in [-0.2, 0) is 16.6 Å². The van der Waals surface area contributed by atoms with Crippen molar-refractivity contribution in [3.05, 3.63) is 59.0 Å². The molecule has 104 valence electrons. The normalized spacial score (nSPS) is 11.2. The molecule has 0 aromatic heterocycles. The number of nitrogens with two attached hydrogens (primary N) is 1. The zero-order valence-corrected chi connectivity index (χ0v) is 11.3. The van der Waals surface area contributed by atoms with E-state index < -0.39 is 10.0 Å². The Hall–Kier alpha value is -2.25. The topological polar surface area (TPSA) is 102 Å². The van der Waals surface area contributed by atoms with Crippen LogP contribution < -0.4 is 10.5 Å². The van der Waals surface area contributed by atoms with Gasteiger partial charge in [0.05, 0.1) is 4.90 Å². The predicted molar refractivity (Wildman–Crippen MR) is 76.8 cm³/mol. The summed E-state index contributed by atoms with van der Waals surface area (Å²) >= 11 is 0. The summed E-state index contributed by atoms with van der Waals surface area (Å²) < 4.78 is 26.6. The molecular weight excluding hydrogens is 278 g/mol. The van der Waals surface area contributed by atoms with Crippen LogP contribution in [0.25, 0.3) is 0 Å². The lowest BCUT2D eigenvalue weighted by molar-refractivity contribution is 0.581. The minimum atomic E-state index is -3.69. The highest BCUT2D eigenvalue weighted by molar-refractivity contribution is 7.89. The number of nitrogens with one attached hydrogen (secondary N) is 1. The van der Waals surface area contributed by atoms with Crippen molar-refractivity contribution in [2.24, 2.45) is 5.18 Å². The van der Waals surface area contributed by atoms with Gasteiger partial charge in [-0.05, 0) is 41.1 Å². The van der Waals surface area contributed by atoms with Gasteiger partial charge in [-0.2, -0.15) is 0 Å². The summed E-state index contributed by atoms with van der Waals surface area (Å²) in [5.41, 5.74) is 7.00. The van der Waals surface area contributed by atoms with E-state index in [1.165, 1.54) is 24.3 Å². The van der Waals surface area contributed by atoms with Crippen LogP contribution in [0.3, 0.4) is 0 Å². The van der Waals surface area contributed by atoms with Crippen LogP contribution in [0.2, 0.25) is 0 Å². The van der Waals surface area contributed by atoms with E-state index in [1.54, 1.807) is 24.3 Å². The second kappa shape index (κ2) is 5.81. The van der Waals surface area contributed by atoms with Gasteiger partial charge in [-0.1, -0.05) is 18.2 Å². The van der Waals surface area contributed by atoms with Crippen LogP contribution in [-0.4, -0.2) is 8.42 Å². The minimum Gasteiger partial charge on any atom is -0.399 e. The highest BCUT2D eigenvalue weighted by atomic mass is 32.2. The fourth-order valence-corrected chi connectivity index (χ4v) is 2.73. The average Bonchev–Trinajstić information content (AvgIpc) is 2.45. The molecule has 0 aliphatic rings. The number of nitrogens with zero attached hydrogens (tertiary/aromatic N) is 1. The second-order valence-electron chi connectivity index (χ2n) is 4.16. The van der Waals surface area contributed by atoms with Crippen LogP contribution in [0, 0.1) is 4.91 Å². The maximum atomic E-state index is 12.1. The summed E-state index contributed by atoms with van der Waals surface area (Å²) in [6.45, 7) is 0.117. The molecular formula is C13H13N3O3S. The molecule has 0 aliphatic carbocycles. The number of sulfonamides is 1. The third kappa shape index (κ3) is 3.40. The molecule has 0 saturated carbocycles. The lowest BCUT2D eigenvalue weighted by atomic mass is 10.2. The first kappa shape index (κ1) is 14.2. The third-order valence-electron chi connectivity index (χ3n) is 2.65. The predicted octanol–water partition coefficient (Wildman–Crippen LogP) is 2.15. The van der Waals surface area contributed by atoms with Crippen molar-refractivity contribution in [2.45, 2.75) is 11.4 Å². The number of nitrogen functional groups attached to an aromatic ring is 1. The van der Waals surface area contributed by atoms with E-state index in [0.717, 1.165) is 5.56 Å². The SMILES string of the molecule is Nc1cccc(CNS(=O)(=O)c2cccc(N=O)c2)c1. The molecule has 0 radical (unpaired) electrons. The molecule has 0 heterocycles. The minimum absolute atomic E-state index is 0.00139. The van der Waals surface area contributed by atoms with Gasteiger partial charge in [-0.3, -0.25) is 0 Å². The Morgan fingerprint density at radius 2 is 1.85 bits per heavy atom. The largest absolute Gasteiger partial charge is 0.399 e. The van der Waals surface area contributed by atoms with Gasteiger partial charge in [0.2, 0.25) is 10.0 Å².